The topological polar surface area (TPSA) is 58.5 Å². The average molecular weight is 240 g/mol. The van der Waals surface area contributed by atoms with E-state index in [0.717, 1.165) is 11.3 Å². The van der Waals surface area contributed by atoms with Crippen molar-refractivity contribution < 1.29 is 9.25 Å². The van der Waals surface area contributed by atoms with Crippen molar-refractivity contribution in [2.75, 3.05) is 0 Å². The Morgan fingerprint density at radius 2 is 2.17 bits per heavy atom. The fourth-order valence-corrected chi connectivity index (χ4v) is 1.47. The molecule has 4 nitrogen and oxygen atoms in total. The molecule has 0 amide bonds. The first-order valence-electron chi connectivity index (χ1n) is 5.49. The number of hydrogen-bond acceptors (Lipinski definition) is 4. The van der Waals surface area contributed by atoms with Crippen molar-refractivity contribution in [3.8, 4) is 6.07 Å². The third-order valence-corrected chi connectivity index (χ3v) is 2.37. The Labute approximate surface area is 105 Å². The van der Waals surface area contributed by atoms with Crippen molar-refractivity contribution in [1.82, 2.24) is 0 Å². The summed E-state index contributed by atoms with van der Waals surface area (Å²) >= 11 is 0. The molecular formula is C14H12N2O2. The van der Waals surface area contributed by atoms with Crippen molar-refractivity contribution in [2.45, 2.75) is 13.5 Å². The van der Waals surface area contributed by atoms with Gasteiger partial charge in [-0.3, -0.25) is 0 Å². The molecule has 1 aromatic carbocycles. The minimum absolute atomic E-state index is 0.264. The zero-order valence-corrected chi connectivity index (χ0v) is 9.96. The van der Waals surface area contributed by atoms with Crippen LogP contribution in [-0.4, -0.2) is 6.21 Å². The van der Waals surface area contributed by atoms with Gasteiger partial charge in [-0.1, -0.05) is 23.4 Å². The van der Waals surface area contributed by atoms with E-state index in [2.05, 4.69) is 11.2 Å². The average Bonchev–Trinajstić information content (AvgIpc) is 2.81. The zero-order chi connectivity index (χ0) is 12.8. The van der Waals surface area contributed by atoms with Gasteiger partial charge in [0.15, 0.2) is 0 Å². The molecule has 0 aliphatic carbocycles. The molecule has 0 N–H and O–H groups in total. The number of furan rings is 1. The fraction of sp³-hybridized carbons (Fsp3) is 0.143. The van der Waals surface area contributed by atoms with Crippen LogP contribution in [0.5, 0.6) is 0 Å². The number of oxime groups is 1. The molecule has 0 fully saturated rings. The minimum Gasteiger partial charge on any atom is -0.460 e. The predicted octanol–water partition coefficient (Wildman–Crippen LogP) is 3.01. The summed E-state index contributed by atoms with van der Waals surface area (Å²) in [6.45, 7) is 2.13. The molecule has 0 saturated heterocycles. The summed E-state index contributed by atoms with van der Waals surface area (Å²) in [7, 11) is 0. The molecule has 0 atom stereocenters. The van der Waals surface area contributed by atoms with E-state index < -0.39 is 0 Å². The van der Waals surface area contributed by atoms with Crippen molar-refractivity contribution >= 4 is 6.21 Å². The summed E-state index contributed by atoms with van der Waals surface area (Å²) < 4.78 is 5.30. The molecule has 0 aliphatic heterocycles. The van der Waals surface area contributed by atoms with Gasteiger partial charge in [0.1, 0.15) is 24.3 Å². The molecule has 0 aliphatic rings. The highest BCUT2D eigenvalue weighted by Gasteiger charge is 2.00. The maximum Gasteiger partial charge on any atom is 0.148 e. The van der Waals surface area contributed by atoms with Gasteiger partial charge in [-0.2, -0.15) is 5.26 Å². The highest BCUT2D eigenvalue weighted by Crippen LogP contribution is 2.09. The van der Waals surface area contributed by atoms with Gasteiger partial charge >= 0.3 is 0 Å². The lowest BCUT2D eigenvalue weighted by molar-refractivity contribution is 0.131. The molecule has 0 spiro atoms. The van der Waals surface area contributed by atoms with Gasteiger partial charge in [0, 0.05) is 5.56 Å². The predicted molar refractivity (Wildman–Crippen MR) is 67.0 cm³/mol. The van der Waals surface area contributed by atoms with Crippen LogP contribution in [0, 0.1) is 18.3 Å². The van der Waals surface area contributed by atoms with E-state index in [9.17, 15) is 0 Å². The standard InChI is InChI=1S/C14H12N2O2/c1-11-6-7-14(18-11)9-16-17-10-13-5-3-2-4-12(13)8-15/h2-7,9H,10H2,1H3/b16-9-. The van der Waals surface area contributed by atoms with Gasteiger partial charge in [0.2, 0.25) is 0 Å². The molecule has 0 saturated carbocycles. The van der Waals surface area contributed by atoms with Crippen LogP contribution in [0.1, 0.15) is 22.6 Å². The molecule has 0 unspecified atom stereocenters. The Bertz CT molecular complexity index is 594. The van der Waals surface area contributed by atoms with Crippen molar-refractivity contribution in [3.63, 3.8) is 0 Å². The smallest absolute Gasteiger partial charge is 0.148 e. The Hall–Kier alpha value is -2.54. The molecule has 90 valence electrons. The monoisotopic (exact) mass is 240 g/mol. The molecule has 2 aromatic rings. The third-order valence-electron chi connectivity index (χ3n) is 2.37. The maximum atomic E-state index is 8.90. The van der Waals surface area contributed by atoms with Gasteiger partial charge in [-0.05, 0) is 25.1 Å². The molecule has 1 heterocycles. The molecule has 18 heavy (non-hydrogen) atoms. The number of rotatable bonds is 4. The van der Waals surface area contributed by atoms with Crippen molar-refractivity contribution in [2.24, 2.45) is 5.16 Å². The minimum atomic E-state index is 0.264. The van der Waals surface area contributed by atoms with E-state index in [0.29, 0.717) is 11.3 Å². The number of nitrogens with zero attached hydrogens (tertiary/aromatic N) is 2. The normalized spacial score (nSPS) is 10.4. The number of nitriles is 1. The second-order valence-corrected chi connectivity index (χ2v) is 3.73. The number of benzene rings is 1. The lowest BCUT2D eigenvalue weighted by Gasteiger charge is -2.01. The van der Waals surface area contributed by atoms with Crippen LogP contribution < -0.4 is 0 Å². The number of aryl methyl sites for hydroxylation is 1. The largest absolute Gasteiger partial charge is 0.460 e. The molecule has 0 bridgehead atoms. The van der Waals surface area contributed by atoms with Crippen LogP contribution in [0.4, 0.5) is 0 Å². The van der Waals surface area contributed by atoms with Crippen molar-refractivity contribution in [3.05, 3.63) is 59.0 Å². The van der Waals surface area contributed by atoms with Crippen LogP contribution >= 0.6 is 0 Å². The Morgan fingerprint density at radius 1 is 1.33 bits per heavy atom. The third kappa shape index (κ3) is 2.98. The summed E-state index contributed by atoms with van der Waals surface area (Å²) in [5.74, 6) is 1.47. The van der Waals surface area contributed by atoms with E-state index in [4.69, 9.17) is 14.5 Å². The zero-order valence-electron chi connectivity index (χ0n) is 9.96. The van der Waals surface area contributed by atoms with E-state index in [1.807, 2.05) is 37.3 Å². The summed E-state index contributed by atoms with van der Waals surface area (Å²) in [4.78, 5) is 5.13. The summed E-state index contributed by atoms with van der Waals surface area (Å²) in [5, 5.41) is 12.7. The first-order valence-corrected chi connectivity index (χ1v) is 5.49. The lowest BCUT2D eigenvalue weighted by atomic mass is 10.1. The maximum absolute atomic E-state index is 8.90. The van der Waals surface area contributed by atoms with Gasteiger partial charge in [-0.15, -0.1) is 0 Å². The van der Waals surface area contributed by atoms with Crippen LogP contribution in [0.15, 0.2) is 46.0 Å². The van der Waals surface area contributed by atoms with E-state index >= 15 is 0 Å². The Balaban J connectivity index is 1.93. The number of hydrogen-bond donors (Lipinski definition) is 0. The van der Waals surface area contributed by atoms with E-state index in [-0.39, 0.29) is 6.61 Å². The summed E-state index contributed by atoms with van der Waals surface area (Å²) in [5.41, 5.74) is 1.41. The SMILES string of the molecule is Cc1ccc(/C=N\OCc2ccccc2C#N)o1. The van der Waals surface area contributed by atoms with E-state index in [1.165, 1.54) is 6.21 Å². The summed E-state index contributed by atoms with van der Waals surface area (Å²) in [6, 6.07) is 13.0. The molecule has 1 aromatic heterocycles. The quantitative estimate of drug-likeness (QED) is 0.609. The van der Waals surface area contributed by atoms with Crippen LogP contribution in [-0.2, 0) is 11.4 Å². The fourth-order valence-electron chi connectivity index (χ4n) is 1.47. The first kappa shape index (κ1) is 11.9. The van der Waals surface area contributed by atoms with Crippen molar-refractivity contribution in [1.29, 1.82) is 5.26 Å². The summed E-state index contributed by atoms with van der Waals surface area (Å²) in [6.07, 6.45) is 1.50. The molecular weight excluding hydrogens is 228 g/mol. The Kier molecular flexibility index (Phi) is 3.77. The molecule has 4 heteroatoms. The second kappa shape index (κ2) is 5.69. The van der Waals surface area contributed by atoms with Gasteiger partial charge in [-0.25, -0.2) is 0 Å². The molecule has 2 rings (SSSR count). The van der Waals surface area contributed by atoms with Gasteiger partial charge in [0.05, 0.1) is 11.6 Å². The van der Waals surface area contributed by atoms with Crippen LogP contribution in [0.3, 0.4) is 0 Å². The highest BCUT2D eigenvalue weighted by molar-refractivity contribution is 5.75. The van der Waals surface area contributed by atoms with Gasteiger partial charge < -0.3 is 9.25 Å². The molecule has 0 radical (unpaired) electrons. The first-order chi connectivity index (χ1) is 8.79. The van der Waals surface area contributed by atoms with E-state index in [1.54, 1.807) is 6.07 Å². The second-order valence-electron chi connectivity index (χ2n) is 3.73. The van der Waals surface area contributed by atoms with Crippen LogP contribution in [0.2, 0.25) is 0 Å². The Morgan fingerprint density at radius 3 is 2.89 bits per heavy atom. The van der Waals surface area contributed by atoms with Gasteiger partial charge in [0.25, 0.3) is 0 Å². The lowest BCUT2D eigenvalue weighted by Crippen LogP contribution is -1.91. The highest BCUT2D eigenvalue weighted by atomic mass is 16.6. The van der Waals surface area contributed by atoms with Crippen LogP contribution in [0.25, 0.3) is 0 Å².